The molecule has 1 N–H and O–H groups in total. The first-order valence-corrected chi connectivity index (χ1v) is 14.3. The second-order valence-electron chi connectivity index (χ2n) is 8.93. The molecular weight excluding hydrogens is 514 g/mol. The van der Waals surface area contributed by atoms with Crippen LogP contribution < -0.4 is 4.74 Å². The largest absolute Gasteiger partial charge is 0.480 e. The second-order valence-corrected chi connectivity index (χ2v) is 11.9. The predicted octanol–water partition coefficient (Wildman–Crippen LogP) is 4.68. The Morgan fingerprint density at radius 1 is 1.08 bits per heavy atom. The third-order valence-corrected chi connectivity index (χ3v) is 9.67. The van der Waals surface area contributed by atoms with Crippen LogP contribution in [0.1, 0.15) is 45.1 Å². The van der Waals surface area contributed by atoms with Crippen LogP contribution in [-0.4, -0.2) is 56.6 Å². The number of ether oxygens (including phenoxy) is 2. The van der Waals surface area contributed by atoms with E-state index in [4.69, 9.17) is 4.74 Å². The van der Waals surface area contributed by atoms with Crippen LogP contribution in [0.2, 0.25) is 0 Å². The summed E-state index contributed by atoms with van der Waals surface area (Å²) in [6.07, 6.45) is 1.41. The van der Waals surface area contributed by atoms with Gasteiger partial charge in [-0.25, -0.2) is 22.3 Å². The highest BCUT2D eigenvalue weighted by atomic mass is 32.2. The molecule has 0 radical (unpaired) electrons. The van der Waals surface area contributed by atoms with Gasteiger partial charge in [0.1, 0.15) is 5.75 Å². The molecule has 4 rings (SSSR count). The normalized spacial score (nSPS) is 14.9. The van der Waals surface area contributed by atoms with Crippen LogP contribution in [0.4, 0.5) is 0 Å². The molecule has 37 heavy (non-hydrogen) atoms. The maximum absolute atomic E-state index is 12.9. The Balaban J connectivity index is 1.49. The maximum Gasteiger partial charge on any atom is 0.349 e. The minimum absolute atomic E-state index is 0.00204. The van der Waals surface area contributed by atoms with E-state index < -0.39 is 22.0 Å². The van der Waals surface area contributed by atoms with Crippen molar-refractivity contribution >= 4 is 33.3 Å². The lowest BCUT2D eigenvalue weighted by Crippen LogP contribution is -2.38. The number of esters is 1. The minimum Gasteiger partial charge on any atom is -0.480 e. The van der Waals surface area contributed by atoms with Gasteiger partial charge in [-0.1, -0.05) is 54.6 Å². The third-order valence-electron chi connectivity index (χ3n) is 6.51. The fourth-order valence-electron chi connectivity index (χ4n) is 4.56. The van der Waals surface area contributed by atoms with E-state index >= 15 is 0 Å². The van der Waals surface area contributed by atoms with E-state index in [2.05, 4.69) is 4.74 Å². The SMILES string of the molecule is COC(=O)COc1c(C(=O)O)sc(-c2cccc(C3CCN(S(=O)(=O)Cc4ccccc4)CC3)c2)c1C. The zero-order valence-corrected chi connectivity index (χ0v) is 22.3. The van der Waals surface area contributed by atoms with Gasteiger partial charge in [0.15, 0.2) is 11.5 Å². The molecule has 0 spiro atoms. The zero-order valence-electron chi connectivity index (χ0n) is 20.7. The van der Waals surface area contributed by atoms with Crippen molar-refractivity contribution in [3.05, 3.63) is 76.2 Å². The smallest absolute Gasteiger partial charge is 0.349 e. The van der Waals surface area contributed by atoms with Gasteiger partial charge in [-0.15, -0.1) is 11.3 Å². The first-order chi connectivity index (χ1) is 17.7. The number of hydrogen-bond acceptors (Lipinski definition) is 7. The van der Waals surface area contributed by atoms with Crippen molar-refractivity contribution in [3.63, 3.8) is 0 Å². The summed E-state index contributed by atoms with van der Waals surface area (Å²) >= 11 is 1.10. The van der Waals surface area contributed by atoms with Crippen LogP contribution in [0.25, 0.3) is 10.4 Å². The van der Waals surface area contributed by atoms with Gasteiger partial charge in [0.05, 0.1) is 12.9 Å². The van der Waals surface area contributed by atoms with E-state index in [1.807, 2.05) is 54.6 Å². The van der Waals surface area contributed by atoms with Gasteiger partial charge in [-0.2, -0.15) is 0 Å². The van der Waals surface area contributed by atoms with Crippen LogP contribution in [0.15, 0.2) is 54.6 Å². The van der Waals surface area contributed by atoms with Crippen LogP contribution in [-0.2, 0) is 25.3 Å². The lowest BCUT2D eigenvalue weighted by Gasteiger charge is -2.31. The number of sulfonamides is 1. The number of carbonyl (C=O) groups is 2. The standard InChI is InChI=1S/C27H29NO7S2/c1-18-24(35-16-23(29)34-2)26(27(30)31)36-25(18)22-10-6-9-21(15-22)20-11-13-28(14-12-20)37(32,33)17-19-7-4-3-5-8-19/h3-10,15,20H,11-14,16-17H2,1-2H3,(H,30,31). The fourth-order valence-corrected chi connectivity index (χ4v) is 7.21. The average Bonchev–Trinajstić information content (AvgIpc) is 3.24. The maximum atomic E-state index is 12.9. The fraction of sp³-hybridized carbons (Fsp3) is 0.333. The number of carboxylic acids is 1. The van der Waals surface area contributed by atoms with Gasteiger partial charge in [-0.05, 0) is 42.4 Å². The van der Waals surface area contributed by atoms with Crippen molar-refractivity contribution in [2.75, 3.05) is 26.8 Å². The molecule has 2 aromatic carbocycles. The Hall–Kier alpha value is -3.21. The number of carboxylic acid groups (broad SMARTS) is 1. The molecule has 1 aromatic heterocycles. The van der Waals surface area contributed by atoms with Crippen molar-refractivity contribution in [3.8, 4) is 16.2 Å². The Morgan fingerprint density at radius 3 is 2.43 bits per heavy atom. The number of piperidine rings is 1. The Kier molecular flexibility index (Phi) is 8.31. The van der Waals surface area contributed by atoms with Crippen molar-refractivity contribution in [2.45, 2.75) is 31.4 Å². The van der Waals surface area contributed by atoms with Crippen molar-refractivity contribution in [1.29, 1.82) is 0 Å². The second kappa shape index (κ2) is 11.5. The van der Waals surface area contributed by atoms with E-state index in [9.17, 15) is 23.1 Å². The van der Waals surface area contributed by atoms with Gasteiger partial charge >= 0.3 is 11.9 Å². The minimum atomic E-state index is -3.39. The number of benzene rings is 2. The third kappa shape index (κ3) is 6.20. The lowest BCUT2D eigenvalue weighted by atomic mass is 9.89. The lowest BCUT2D eigenvalue weighted by molar-refractivity contribution is -0.142. The van der Waals surface area contributed by atoms with Crippen LogP contribution >= 0.6 is 11.3 Å². The van der Waals surface area contributed by atoms with Gasteiger partial charge in [0.2, 0.25) is 10.0 Å². The highest BCUT2D eigenvalue weighted by Crippen LogP contribution is 2.42. The van der Waals surface area contributed by atoms with E-state index in [1.54, 1.807) is 11.2 Å². The predicted molar refractivity (Wildman–Crippen MR) is 142 cm³/mol. The number of thiophene rings is 1. The zero-order chi connectivity index (χ0) is 26.6. The summed E-state index contributed by atoms with van der Waals surface area (Å²) < 4.78 is 37.5. The number of aromatic carboxylic acids is 1. The summed E-state index contributed by atoms with van der Waals surface area (Å²) in [6.45, 7) is 2.31. The molecule has 1 fully saturated rings. The van der Waals surface area contributed by atoms with E-state index in [1.165, 1.54) is 7.11 Å². The molecule has 0 bridgehead atoms. The van der Waals surface area contributed by atoms with Gasteiger partial charge in [-0.3, -0.25) is 0 Å². The summed E-state index contributed by atoms with van der Waals surface area (Å²) in [6, 6.07) is 17.1. The van der Waals surface area contributed by atoms with E-state index in [0.29, 0.717) is 31.5 Å². The summed E-state index contributed by atoms with van der Waals surface area (Å²) in [5, 5.41) is 9.68. The average molecular weight is 544 g/mol. The van der Waals surface area contributed by atoms with Crippen molar-refractivity contribution in [2.24, 2.45) is 0 Å². The van der Waals surface area contributed by atoms with Crippen molar-refractivity contribution in [1.82, 2.24) is 4.31 Å². The molecule has 1 saturated heterocycles. The van der Waals surface area contributed by atoms with Gasteiger partial charge in [0, 0.05) is 23.5 Å². The summed E-state index contributed by atoms with van der Waals surface area (Å²) in [7, 11) is -2.15. The van der Waals surface area contributed by atoms with Crippen LogP contribution in [0, 0.1) is 6.92 Å². The topological polar surface area (TPSA) is 110 Å². The number of carbonyl (C=O) groups excluding carboxylic acids is 1. The molecule has 3 aromatic rings. The molecule has 1 aliphatic rings. The monoisotopic (exact) mass is 543 g/mol. The Bertz CT molecular complexity index is 1370. The van der Waals surface area contributed by atoms with E-state index in [0.717, 1.165) is 32.9 Å². The highest BCUT2D eigenvalue weighted by Gasteiger charge is 2.29. The Morgan fingerprint density at radius 2 is 1.78 bits per heavy atom. The Labute approximate surface area is 220 Å². The molecule has 0 amide bonds. The van der Waals surface area contributed by atoms with Crippen molar-refractivity contribution < 1.29 is 32.6 Å². The van der Waals surface area contributed by atoms with Gasteiger partial charge in [0.25, 0.3) is 0 Å². The van der Waals surface area contributed by atoms with Crippen LogP contribution in [0.3, 0.4) is 0 Å². The molecule has 0 aliphatic carbocycles. The first kappa shape index (κ1) is 26.8. The summed E-state index contributed by atoms with van der Waals surface area (Å²) in [5.74, 6) is -1.36. The highest BCUT2D eigenvalue weighted by molar-refractivity contribution is 7.88. The quantitative estimate of drug-likeness (QED) is 0.390. The molecule has 0 atom stereocenters. The first-order valence-electron chi connectivity index (χ1n) is 11.9. The molecular formula is C27H29NO7S2. The summed E-state index contributed by atoms with van der Waals surface area (Å²) in [5.41, 5.74) is 3.36. The number of nitrogens with zero attached hydrogens (tertiary/aromatic N) is 1. The van der Waals surface area contributed by atoms with Gasteiger partial charge < -0.3 is 14.6 Å². The molecule has 0 saturated carbocycles. The van der Waals surface area contributed by atoms with Crippen LogP contribution in [0.5, 0.6) is 5.75 Å². The van der Waals surface area contributed by atoms with E-state index in [-0.39, 0.29) is 28.9 Å². The molecule has 10 heteroatoms. The molecule has 1 aliphatic heterocycles. The molecule has 0 unspecified atom stereocenters. The number of methoxy groups -OCH3 is 1. The summed E-state index contributed by atoms with van der Waals surface area (Å²) in [4.78, 5) is 24.1. The number of hydrogen-bond donors (Lipinski definition) is 1. The number of rotatable bonds is 9. The molecule has 2 heterocycles. The molecule has 196 valence electrons. The molecule has 8 nitrogen and oxygen atoms in total.